The summed E-state index contributed by atoms with van der Waals surface area (Å²) < 4.78 is 16.9. The number of carbonyl (C=O) groups excluding carboxylic acids is 1. The van der Waals surface area contributed by atoms with Gasteiger partial charge in [0.25, 0.3) is 0 Å². The quantitative estimate of drug-likeness (QED) is 0.268. The van der Waals surface area contributed by atoms with Gasteiger partial charge in [-0.2, -0.15) is 0 Å². The molecule has 200 valence electrons. The fourth-order valence-corrected chi connectivity index (χ4v) is 7.49. The van der Waals surface area contributed by atoms with Crippen molar-refractivity contribution in [1.82, 2.24) is 0 Å². The van der Waals surface area contributed by atoms with Gasteiger partial charge in [0.1, 0.15) is 31.0 Å². The van der Waals surface area contributed by atoms with Crippen LogP contribution >= 0.6 is 0 Å². The van der Waals surface area contributed by atoms with Gasteiger partial charge in [0.2, 0.25) is 0 Å². The van der Waals surface area contributed by atoms with Gasteiger partial charge in [0, 0.05) is 11.0 Å². The summed E-state index contributed by atoms with van der Waals surface area (Å²) in [5, 5.41) is 52.5. The molecule has 35 heavy (non-hydrogen) atoms. The minimum absolute atomic E-state index is 0.0699. The Bertz CT molecular complexity index is 826. The van der Waals surface area contributed by atoms with Crippen molar-refractivity contribution in [2.45, 2.75) is 109 Å². The van der Waals surface area contributed by atoms with Crippen molar-refractivity contribution >= 4 is 5.97 Å². The van der Waals surface area contributed by atoms with E-state index in [1.54, 1.807) is 6.08 Å². The third kappa shape index (κ3) is 4.37. The van der Waals surface area contributed by atoms with Crippen LogP contribution < -0.4 is 0 Å². The average molecular weight is 499 g/mol. The molecule has 2 heterocycles. The number of hydrogen-bond donors (Lipinski definition) is 5. The van der Waals surface area contributed by atoms with Gasteiger partial charge in [-0.1, -0.05) is 27.7 Å². The summed E-state index contributed by atoms with van der Waals surface area (Å²) in [5.41, 5.74) is -1.14. The van der Waals surface area contributed by atoms with E-state index in [4.69, 9.17) is 14.2 Å². The molecule has 2 saturated carbocycles. The van der Waals surface area contributed by atoms with Crippen LogP contribution in [0.15, 0.2) is 11.6 Å². The van der Waals surface area contributed by atoms with Gasteiger partial charge in [-0.25, -0.2) is 4.79 Å². The summed E-state index contributed by atoms with van der Waals surface area (Å²) >= 11 is 0. The van der Waals surface area contributed by atoms with Crippen LogP contribution in [0.5, 0.6) is 0 Å². The molecule has 0 amide bonds. The molecule has 1 saturated heterocycles. The average Bonchev–Trinajstić information content (AvgIpc) is 3.22. The fraction of sp³-hybridized carbons (Fsp3) is 0.885. The first-order chi connectivity index (χ1) is 16.4. The van der Waals surface area contributed by atoms with E-state index in [9.17, 15) is 30.3 Å². The highest BCUT2D eigenvalue weighted by atomic mass is 16.7. The van der Waals surface area contributed by atoms with Gasteiger partial charge in [-0.15, -0.1) is 0 Å². The SMILES string of the molecule is CC1CCC2C(C)(C)C(OC3OC(CO)C(O)C(O)C3O)CCC2(C)C1(O)CCC1=CCOC1=O. The Morgan fingerprint density at radius 1 is 1.09 bits per heavy atom. The number of rotatable bonds is 6. The van der Waals surface area contributed by atoms with Crippen LogP contribution in [0.1, 0.15) is 66.2 Å². The van der Waals surface area contributed by atoms with E-state index >= 15 is 0 Å². The molecule has 0 aromatic rings. The summed E-state index contributed by atoms with van der Waals surface area (Å²) in [7, 11) is 0. The van der Waals surface area contributed by atoms with E-state index in [0.29, 0.717) is 37.9 Å². The van der Waals surface area contributed by atoms with Gasteiger partial charge in [-0.05, 0) is 61.9 Å². The largest absolute Gasteiger partial charge is 0.458 e. The number of ether oxygens (including phenoxy) is 3. The lowest BCUT2D eigenvalue weighted by molar-refractivity contribution is -0.332. The molecule has 9 nitrogen and oxygen atoms in total. The van der Waals surface area contributed by atoms with Crippen molar-refractivity contribution in [3.63, 3.8) is 0 Å². The lowest BCUT2D eigenvalue weighted by Crippen LogP contribution is -2.66. The van der Waals surface area contributed by atoms with Crippen LogP contribution in [0.4, 0.5) is 0 Å². The third-order valence-corrected chi connectivity index (χ3v) is 9.84. The first-order valence-corrected chi connectivity index (χ1v) is 12.9. The first-order valence-electron chi connectivity index (χ1n) is 12.9. The van der Waals surface area contributed by atoms with Crippen LogP contribution in [0.3, 0.4) is 0 Å². The molecule has 4 rings (SSSR count). The lowest BCUT2D eigenvalue weighted by atomic mass is 9.43. The van der Waals surface area contributed by atoms with E-state index in [2.05, 4.69) is 27.7 Å². The highest BCUT2D eigenvalue weighted by Gasteiger charge is 2.64. The van der Waals surface area contributed by atoms with Gasteiger partial charge in [0.15, 0.2) is 6.29 Å². The molecule has 2 aliphatic heterocycles. The molecule has 0 spiro atoms. The smallest absolute Gasteiger partial charge is 0.334 e. The number of hydrogen-bond acceptors (Lipinski definition) is 9. The molecule has 10 atom stereocenters. The lowest BCUT2D eigenvalue weighted by Gasteiger charge is -2.64. The van der Waals surface area contributed by atoms with Crippen LogP contribution in [0.25, 0.3) is 0 Å². The number of aliphatic hydroxyl groups excluding tert-OH is 4. The zero-order valence-electron chi connectivity index (χ0n) is 21.2. The van der Waals surface area contributed by atoms with Gasteiger partial charge in [0.05, 0.1) is 18.3 Å². The Labute approximate surface area is 207 Å². The summed E-state index contributed by atoms with van der Waals surface area (Å²) in [6.07, 6.45) is -1.08. The maximum Gasteiger partial charge on any atom is 0.334 e. The maximum atomic E-state index is 12.2. The van der Waals surface area contributed by atoms with Crippen molar-refractivity contribution in [2.75, 3.05) is 13.2 Å². The number of carbonyl (C=O) groups is 1. The minimum Gasteiger partial charge on any atom is -0.458 e. The molecular formula is C26H42O9. The number of esters is 1. The van der Waals surface area contributed by atoms with Crippen LogP contribution in [-0.2, 0) is 19.0 Å². The summed E-state index contributed by atoms with van der Waals surface area (Å²) in [6, 6.07) is 0. The van der Waals surface area contributed by atoms with Crippen molar-refractivity contribution in [3.8, 4) is 0 Å². The predicted molar refractivity (Wildman–Crippen MR) is 125 cm³/mol. The Hall–Kier alpha value is -1.07. The van der Waals surface area contributed by atoms with Crippen LogP contribution in [0.2, 0.25) is 0 Å². The van der Waals surface area contributed by atoms with Gasteiger partial charge >= 0.3 is 5.97 Å². The Morgan fingerprint density at radius 2 is 1.80 bits per heavy atom. The molecule has 10 unspecified atom stereocenters. The van der Waals surface area contributed by atoms with Crippen LogP contribution in [0, 0.1) is 22.7 Å². The van der Waals surface area contributed by atoms with Crippen molar-refractivity contribution in [2.24, 2.45) is 22.7 Å². The molecule has 5 N–H and O–H groups in total. The first kappa shape index (κ1) is 27.0. The topological polar surface area (TPSA) is 146 Å². The summed E-state index contributed by atoms with van der Waals surface area (Å²) in [5.74, 6) is -0.124. The molecule has 0 bridgehead atoms. The van der Waals surface area contributed by atoms with Gasteiger partial charge < -0.3 is 39.7 Å². The van der Waals surface area contributed by atoms with E-state index in [1.807, 2.05) is 0 Å². The van der Waals surface area contributed by atoms with E-state index in [-0.39, 0.29) is 23.9 Å². The highest BCUT2D eigenvalue weighted by Crippen LogP contribution is 2.64. The second-order valence-corrected chi connectivity index (χ2v) is 11.9. The normalized spacial score (nSPS) is 47.7. The summed E-state index contributed by atoms with van der Waals surface area (Å²) in [6.45, 7) is 8.25. The van der Waals surface area contributed by atoms with E-state index < -0.39 is 53.7 Å². The van der Waals surface area contributed by atoms with Crippen molar-refractivity contribution in [3.05, 3.63) is 11.6 Å². The fourth-order valence-electron chi connectivity index (χ4n) is 7.49. The standard InChI is InChI=1S/C26H42O9/c1-14-5-6-17-24(2,3)18(35-23-21(30)20(29)19(28)16(13-27)34-23)8-10-25(17,4)26(14,32)11-7-15-9-12-33-22(15)31/h9,14,16-21,23,27-30,32H,5-8,10-13H2,1-4H3. The second-order valence-electron chi connectivity index (χ2n) is 11.9. The molecule has 4 aliphatic rings. The molecule has 0 radical (unpaired) electrons. The number of aliphatic hydroxyl groups is 5. The maximum absolute atomic E-state index is 12.2. The van der Waals surface area contributed by atoms with Crippen molar-refractivity contribution < 1.29 is 44.5 Å². The summed E-state index contributed by atoms with van der Waals surface area (Å²) in [4.78, 5) is 12.0. The van der Waals surface area contributed by atoms with E-state index in [0.717, 1.165) is 12.8 Å². The molecule has 9 heteroatoms. The van der Waals surface area contributed by atoms with Gasteiger partial charge in [-0.3, -0.25) is 0 Å². The second kappa shape index (κ2) is 9.67. The Balaban J connectivity index is 1.53. The van der Waals surface area contributed by atoms with E-state index in [1.165, 1.54) is 0 Å². The number of cyclic esters (lactones) is 1. The highest BCUT2D eigenvalue weighted by molar-refractivity contribution is 5.90. The molecule has 3 fully saturated rings. The zero-order valence-corrected chi connectivity index (χ0v) is 21.2. The monoisotopic (exact) mass is 498 g/mol. The van der Waals surface area contributed by atoms with Crippen LogP contribution in [-0.4, -0.2) is 87.1 Å². The Morgan fingerprint density at radius 3 is 2.43 bits per heavy atom. The number of fused-ring (bicyclic) bond motifs is 1. The minimum atomic E-state index is -1.49. The molecule has 0 aromatic carbocycles. The molecular weight excluding hydrogens is 456 g/mol. The predicted octanol–water partition coefficient (Wildman–Crippen LogP) is 1.04. The van der Waals surface area contributed by atoms with Crippen molar-refractivity contribution in [1.29, 1.82) is 0 Å². The third-order valence-electron chi connectivity index (χ3n) is 9.84. The zero-order chi connectivity index (χ0) is 25.8. The molecule has 2 aliphatic carbocycles. The molecule has 0 aromatic heterocycles. The Kier molecular flexibility index (Phi) is 7.45.